The zero-order chi connectivity index (χ0) is 12.4. The second-order valence-electron chi connectivity index (χ2n) is 3.64. The van der Waals surface area contributed by atoms with Crippen LogP contribution in [0.5, 0.6) is 0 Å². The Morgan fingerprint density at radius 1 is 1.24 bits per heavy atom. The third-order valence-corrected chi connectivity index (χ3v) is 3.63. The van der Waals surface area contributed by atoms with Crippen LogP contribution in [0, 0.1) is 10.7 Å². The summed E-state index contributed by atoms with van der Waals surface area (Å²) in [6.07, 6.45) is 0. The van der Waals surface area contributed by atoms with E-state index in [-0.39, 0.29) is 0 Å². The molecule has 2 rings (SSSR count). The predicted molar refractivity (Wildman–Crippen MR) is 80.0 cm³/mol. The van der Waals surface area contributed by atoms with Gasteiger partial charge in [-0.2, -0.15) is 0 Å². The maximum absolute atomic E-state index is 6.12. The molecule has 0 radical (unpaired) electrons. The van der Waals surface area contributed by atoms with E-state index in [0.29, 0.717) is 16.6 Å². The summed E-state index contributed by atoms with van der Waals surface area (Å²) < 4.78 is 6.32. The van der Waals surface area contributed by atoms with Crippen molar-refractivity contribution in [1.29, 1.82) is 0 Å². The summed E-state index contributed by atoms with van der Waals surface area (Å²) in [6.45, 7) is 2.51. The zero-order valence-electron chi connectivity index (χ0n) is 9.06. The molecule has 0 spiro atoms. The minimum atomic E-state index is 0.585. The van der Waals surface area contributed by atoms with Crippen molar-refractivity contribution in [2.24, 2.45) is 0 Å². The summed E-state index contributed by atoms with van der Waals surface area (Å²) in [5.41, 5.74) is 1.78. The molecule has 1 N–H and O–H groups in total. The first-order chi connectivity index (χ1) is 8.06. The summed E-state index contributed by atoms with van der Waals surface area (Å²) in [7, 11) is 0. The van der Waals surface area contributed by atoms with Gasteiger partial charge in [0.2, 0.25) is 0 Å². The van der Waals surface area contributed by atoms with Crippen LogP contribution in [-0.2, 0) is 6.54 Å². The van der Waals surface area contributed by atoms with Crippen molar-refractivity contribution in [3.05, 3.63) is 49.4 Å². The molecule has 2 nitrogen and oxygen atoms in total. The van der Waals surface area contributed by atoms with Crippen molar-refractivity contribution >= 4 is 51.5 Å². The van der Waals surface area contributed by atoms with E-state index in [2.05, 4.69) is 27.9 Å². The SMILES string of the molecule is Cc1cc(Cl)c(NCc2ccc(I)o2)cc1Cl. The minimum absolute atomic E-state index is 0.585. The molecule has 0 amide bonds. The van der Waals surface area contributed by atoms with Crippen LogP contribution < -0.4 is 5.32 Å². The molecule has 5 heteroatoms. The van der Waals surface area contributed by atoms with Crippen LogP contribution in [-0.4, -0.2) is 0 Å². The van der Waals surface area contributed by atoms with E-state index < -0.39 is 0 Å². The Kier molecular flexibility index (Phi) is 4.22. The fourth-order valence-electron chi connectivity index (χ4n) is 1.41. The molecule has 0 fully saturated rings. The molecule has 90 valence electrons. The van der Waals surface area contributed by atoms with Crippen molar-refractivity contribution < 1.29 is 4.42 Å². The van der Waals surface area contributed by atoms with Crippen molar-refractivity contribution in [3.8, 4) is 0 Å². The number of halogens is 3. The number of rotatable bonds is 3. The number of hydrogen-bond acceptors (Lipinski definition) is 2. The first-order valence-electron chi connectivity index (χ1n) is 5.00. The van der Waals surface area contributed by atoms with Crippen molar-refractivity contribution in [3.63, 3.8) is 0 Å². The molecule has 1 aromatic heterocycles. The Labute approximate surface area is 123 Å². The molecule has 0 saturated carbocycles. The van der Waals surface area contributed by atoms with Gasteiger partial charge < -0.3 is 9.73 Å². The van der Waals surface area contributed by atoms with Gasteiger partial charge in [0.15, 0.2) is 3.77 Å². The summed E-state index contributed by atoms with van der Waals surface area (Å²) in [5, 5.41) is 4.56. The molecule has 0 atom stereocenters. The molecule has 1 heterocycles. The van der Waals surface area contributed by atoms with Gasteiger partial charge in [0.1, 0.15) is 5.76 Å². The molecule has 1 aromatic carbocycles. The summed E-state index contributed by atoms with van der Waals surface area (Å²) in [4.78, 5) is 0. The van der Waals surface area contributed by atoms with Gasteiger partial charge in [-0.05, 0) is 59.3 Å². The third-order valence-electron chi connectivity index (χ3n) is 2.33. The van der Waals surface area contributed by atoms with E-state index >= 15 is 0 Å². The van der Waals surface area contributed by atoms with Crippen LogP contribution in [0.2, 0.25) is 10.0 Å². The van der Waals surface area contributed by atoms with Crippen molar-refractivity contribution in [2.45, 2.75) is 13.5 Å². The predicted octanol–water partition coefficient (Wildman–Crippen LogP) is 5.11. The van der Waals surface area contributed by atoms with Crippen LogP contribution in [0.4, 0.5) is 5.69 Å². The Morgan fingerprint density at radius 3 is 2.65 bits per heavy atom. The second-order valence-corrected chi connectivity index (χ2v) is 5.52. The van der Waals surface area contributed by atoms with E-state index in [1.807, 2.05) is 31.2 Å². The Bertz CT molecular complexity index is 539. The average molecular weight is 382 g/mol. The largest absolute Gasteiger partial charge is 0.454 e. The van der Waals surface area contributed by atoms with Crippen LogP contribution in [0.25, 0.3) is 0 Å². The molecule has 17 heavy (non-hydrogen) atoms. The van der Waals surface area contributed by atoms with E-state index in [9.17, 15) is 0 Å². The first-order valence-corrected chi connectivity index (χ1v) is 6.83. The number of benzene rings is 1. The van der Waals surface area contributed by atoms with E-state index in [1.165, 1.54) is 0 Å². The van der Waals surface area contributed by atoms with Crippen LogP contribution in [0.15, 0.2) is 28.7 Å². The van der Waals surface area contributed by atoms with Crippen molar-refractivity contribution in [1.82, 2.24) is 0 Å². The van der Waals surface area contributed by atoms with Gasteiger partial charge in [0.25, 0.3) is 0 Å². The topological polar surface area (TPSA) is 25.2 Å². The molecular weight excluding hydrogens is 372 g/mol. The molecular formula is C12H10Cl2INO. The van der Waals surface area contributed by atoms with Gasteiger partial charge >= 0.3 is 0 Å². The van der Waals surface area contributed by atoms with E-state index in [0.717, 1.165) is 20.8 Å². The second kappa shape index (κ2) is 5.50. The highest BCUT2D eigenvalue weighted by Gasteiger charge is 2.05. The summed E-state index contributed by atoms with van der Waals surface area (Å²) >= 11 is 14.3. The molecule has 0 aliphatic carbocycles. The molecule has 0 aliphatic rings. The number of nitrogens with one attached hydrogen (secondary N) is 1. The number of furan rings is 1. The molecule has 0 bridgehead atoms. The number of hydrogen-bond donors (Lipinski definition) is 1. The lowest BCUT2D eigenvalue weighted by Gasteiger charge is -2.09. The first kappa shape index (κ1) is 13.1. The lowest BCUT2D eigenvalue weighted by atomic mass is 10.2. The standard InChI is InChI=1S/C12H10Cl2INO/c1-7-4-10(14)11(5-9(7)13)16-6-8-2-3-12(15)17-8/h2-5,16H,6H2,1H3. The number of aryl methyl sites for hydroxylation is 1. The summed E-state index contributed by atoms with van der Waals surface area (Å²) in [6, 6.07) is 7.52. The Morgan fingerprint density at radius 2 is 2.00 bits per heavy atom. The third kappa shape index (κ3) is 3.30. The minimum Gasteiger partial charge on any atom is -0.454 e. The molecule has 0 aliphatic heterocycles. The lowest BCUT2D eigenvalue weighted by molar-refractivity contribution is 0.493. The summed E-state index contributed by atoms with van der Waals surface area (Å²) in [5.74, 6) is 0.863. The van der Waals surface area contributed by atoms with Crippen LogP contribution >= 0.6 is 45.8 Å². The zero-order valence-corrected chi connectivity index (χ0v) is 12.7. The highest BCUT2D eigenvalue weighted by molar-refractivity contribution is 14.1. The fraction of sp³-hybridized carbons (Fsp3) is 0.167. The van der Waals surface area contributed by atoms with Gasteiger partial charge in [-0.15, -0.1) is 0 Å². The van der Waals surface area contributed by atoms with Gasteiger partial charge in [-0.1, -0.05) is 23.2 Å². The quantitative estimate of drug-likeness (QED) is 0.747. The number of anilines is 1. The van der Waals surface area contributed by atoms with Gasteiger partial charge in [0.05, 0.1) is 17.3 Å². The van der Waals surface area contributed by atoms with Crippen LogP contribution in [0.1, 0.15) is 11.3 Å². The molecule has 0 saturated heterocycles. The highest BCUT2D eigenvalue weighted by atomic mass is 127. The van der Waals surface area contributed by atoms with E-state index in [4.69, 9.17) is 27.6 Å². The maximum Gasteiger partial charge on any atom is 0.164 e. The lowest BCUT2D eigenvalue weighted by Crippen LogP contribution is -1.99. The van der Waals surface area contributed by atoms with E-state index in [1.54, 1.807) is 0 Å². The van der Waals surface area contributed by atoms with Gasteiger partial charge in [-0.3, -0.25) is 0 Å². The van der Waals surface area contributed by atoms with Gasteiger partial charge in [0, 0.05) is 5.02 Å². The molecule has 0 unspecified atom stereocenters. The van der Waals surface area contributed by atoms with Crippen molar-refractivity contribution in [2.75, 3.05) is 5.32 Å². The smallest absolute Gasteiger partial charge is 0.164 e. The van der Waals surface area contributed by atoms with Gasteiger partial charge in [-0.25, -0.2) is 0 Å². The Balaban J connectivity index is 2.11. The fourth-order valence-corrected chi connectivity index (χ4v) is 2.32. The highest BCUT2D eigenvalue weighted by Crippen LogP contribution is 2.29. The average Bonchev–Trinajstić information content (AvgIpc) is 2.68. The van der Waals surface area contributed by atoms with Crippen LogP contribution in [0.3, 0.4) is 0 Å². The molecule has 2 aromatic rings. The maximum atomic E-state index is 6.12. The monoisotopic (exact) mass is 381 g/mol. The Hall–Kier alpha value is -0.390. The normalized spacial score (nSPS) is 10.6.